The molecular formula is C21H20ClNO. The molecule has 0 saturated carbocycles. The van der Waals surface area contributed by atoms with Crippen LogP contribution in [0.2, 0.25) is 5.02 Å². The summed E-state index contributed by atoms with van der Waals surface area (Å²) in [4.78, 5) is 0. The molecule has 3 heteroatoms. The summed E-state index contributed by atoms with van der Waals surface area (Å²) < 4.78 is 5.88. The van der Waals surface area contributed by atoms with E-state index in [4.69, 9.17) is 16.3 Å². The lowest BCUT2D eigenvalue weighted by atomic mass is 10.1. The smallest absolute Gasteiger partial charge is 0.127 e. The molecule has 122 valence electrons. The summed E-state index contributed by atoms with van der Waals surface area (Å²) >= 11 is 6.26. The topological polar surface area (TPSA) is 21.3 Å². The van der Waals surface area contributed by atoms with Crippen molar-refractivity contribution in [2.75, 3.05) is 0 Å². The third-order valence-corrected chi connectivity index (χ3v) is 4.21. The molecule has 24 heavy (non-hydrogen) atoms. The van der Waals surface area contributed by atoms with E-state index in [1.807, 2.05) is 60.7 Å². The van der Waals surface area contributed by atoms with Crippen LogP contribution in [0.25, 0.3) is 0 Å². The van der Waals surface area contributed by atoms with E-state index in [9.17, 15) is 0 Å². The second-order valence-corrected chi connectivity index (χ2v) is 6.09. The highest BCUT2D eigenvalue weighted by molar-refractivity contribution is 6.31. The molecule has 0 amide bonds. The van der Waals surface area contributed by atoms with Gasteiger partial charge in [0.25, 0.3) is 0 Å². The minimum Gasteiger partial charge on any atom is -0.457 e. The molecule has 1 atom stereocenters. The van der Waals surface area contributed by atoms with Gasteiger partial charge in [-0.2, -0.15) is 0 Å². The minimum atomic E-state index is 0.178. The Kier molecular flexibility index (Phi) is 5.52. The summed E-state index contributed by atoms with van der Waals surface area (Å²) in [6, 6.07) is 26.0. The van der Waals surface area contributed by atoms with E-state index in [1.54, 1.807) is 0 Å². The van der Waals surface area contributed by atoms with Crippen molar-refractivity contribution < 1.29 is 4.74 Å². The van der Waals surface area contributed by atoms with Crippen molar-refractivity contribution in [1.29, 1.82) is 0 Å². The number of rotatable bonds is 6. The first-order valence-electron chi connectivity index (χ1n) is 8.02. The van der Waals surface area contributed by atoms with Gasteiger partial charge in [0.15, 0.2) is 0 Å². The van der Waals surface area contributed by atoms with Crippen molar-refractivity contribution in [3.63, 3.8) is 0 Å². The average molecular weight is 338 g/mol. The molecule has 3 aromatic carbocycles. The first-order valence-corrected chi connectivity index (χ1v) is 8.40. The molecule has 0 aliphatic heterocycles. The summed E-state index contributed by atoms with van der Waals surface area (Å²) in [5.74, 6) is 1.68. The Morgan fingerprint density at radius 1 is 0.875 bits per heavy atom. The third-order valence-electron chi connectivity index (χ3n) is 3.86. The van der Waals surface area contributed by atoms with Crippen LogP contribution in [0.1, 0.15) is 24.1 Å². The van der Waals surface area contributed by atoms with Gasteiger partial charge in [0, 0.05) is 17.6 Å². The zero-order valence-electron chi connectivity index (χ0n) is 13.6. The molecule has 3 aromatic rings. The van der Waals surface area contributed by atoms with Crippen molar-refractivity contribution in [3.8, 4) is 11.5 Å². The molecule has 0 heterocycles. The van der Waals surface area contributed by atoms with E-state index in [-0.39, 0.29) is 6.04 Å². The fraction of sp³-hybridized carbons (Fsp3) is 0.143. The van der Waals surface area contributed by atoms with Crippen LogP contribution < -0.4 is 10.1 Å². The number of hydrogen-bond acceptors (Lipinski definition) is 2. The monoisotopic (exact) mass is 337 g/mol. The Hall–Kier alpha value is -2.29. The van der Waals surface area contributed by atoms with Crippen molar-refractivity contribution in [1.82, 2.24) is 5.32 Å². The van der Waals surface area contributed by atoms with E-state index in [0.717, 1.165) is 28.6 Å². The second kappa shape index (κ2) is 8.00. The first kappa shape index (κ1) is 16.6. The molecule has 1 unspecified atom stereocenters. The number of para-hydroxylation sites is 1. The maximum Gasteiger partial charge on any atom is 0.127 e. The number of benzene rings is 3. The number of hydrogen-bond donors (Lipinski definition) is 1. The number of nitrogens with one attached hydrogen (secondary N) is 1. The molecule has 3 rings (SSSR count). The quantitative estimate of drug-likeness (QED) is 0.597. The molecular weight excluding hydrogens is 318 g/mol. The third kappa shape index (κ3) is 4.38. The predicted molar refractivity (Wildman–Crippen MR) is 99.7 cm³/mol. The fourth-order valence-corrected chi connectivity index (χ4v) is 2.85. The van der Waals surface area contributed by atoms with Gasteiger partial charge in [-0.3, -0.25) is 0 Å². The zero-order chi connectivity index (χ0) is 16.8. The fourth-order valence-electron chi connectivity index (χ4n) is 2.55. The highest BCUT2D eigenvalue weighted by atomic mass is 35.5. The highest BCUT2D eigenvalue weighted by Crippen LogP contribution is 2.24. The Labute approximate surface area is 148 Å². The van der Waals surface area contributed by atoms with Crippen LogP contribution in [0.4, 0.5) is 0 Å². The van der Waals surface area contributed by atoms with Gasteiger partial charge in [-0.05, 0) is 48.4 Å². The molecule has 0 aliphatic rings. The highest BCUT2D eigenvalue weighted by Gasteiger charge is 2.08. The van der Waals surface area contributed by atoms with Crippen LogP contribution in [0.15, 0.2) is 78.9 Å². The Balaban J connectivity index is 1.63. The Morgan fingerprint density at radius 2 is 1.58 bits per heavy atom. The van der Waals surface area contributed by atoms with Gasteiger partial charge in [-0.25, -0.2) is 0 Å². The van der Waals surface area contributed by atoms with Crippen LogP contribution in [-0.2, 0) is 6.54 Å². The summed E-state index contributed by atoms with van der Waals surface area (Å²) in [6.07, 6.45) is 0. The Morgan fingerprint density at radius 3 is 2.38 bits per heavy atom. The number of ether oxygens (including phenoxy) is 1. The molecule has 0 aromatic heterocycles. The van der Waals surface area contributed by atoms with E-state index < -0.39 is 0 Å². The summed E-state index contributed by atoms with van der Waals surface area (Å²) in [7, 11) is 0. The molecule has 0 fully saturated rings. The summed E-state index contributed by atoms with van der Waals surface area (Å²) in [5.41, 5.74) is 2.28. The zero-order valence-corrected chi connectivity index (χ0v) is 14.3. The van der Waals surface area contributed by atoms with Crippen LogP contribution in [0.5, 0.6) is 11.5 Å². The van der Waals surface area contributed by atoms with Gasteiger partial charge in [0.2, 0.25) is 0 Å². The molecule has 0 radical (unpaired) electrons. The normalized spacial score (nSPS) is 11.9. The van der Waals surface area contributed by atoms with Crippen molar-refractivity contribution in [3.05, 3.63) is 95.0 Å². The maximum atomic E-state index is 6.26. The van der Waals surface area contributed by atoms with Crippen LogP contribution in [-0.4, -0.2) is 0 Å². The van der Waals surface area contributed by atoms with Gasteiger partial charge in [-0.15, -0.1) is 0 Å². The van der Waals surface area contributed by atoms with Crippen molar-refractivity contribution in [2.45, 2.75) is 19.5 Å². The lowest BCUT2D eigenvalue weighted by Crippen LogP contribution is -2.18. The van der Waals surface area contributed by atoms with Crippen LogP contribution in [0, 0.1) is 0 Å². The average Bonchev–Trinajstić information content (AvgIpc) is 2.61. The first-order chi connectivity index (χ1) is 11.7. The van der Waals surface area contributed by atoms with Crippen LogP contribution in [0.3, 0.4) is 0 Å². The molecule has 0 bridgehead atoms. The lowest BCUT2D eigenvalue weighted by molar-refractivity contribution is 0.481. The number of halogens is 1. The molecule has 1 N–H and O–H groups in total. The maximum absolute atomic E-state index is 6.26. The molecule has 0 saturated heterocycles. The van der Waals surface area contributed by atoms with E-state index in [0.29, 0.717) is 0 Å². The van der Waals surface area contributed by atoms with Crippen LogP contribution >= 0.6 is 11.6 Å². The van der Waals surface area contributed by atoms with Gasteiger partial charge < -0.3 is 10.1 Å². The molecule has 0 spiro atoms. The minimum absolute atomic E-state index is 0.178. The van der Waals surface area contributed by atoms with Gasteiger partial charge in [-0.1, -0.05) is 60.1 Å². The van der Waals surface area contributed by atoms with E-state index in [1.165, 1.54) is 5.56 Å². The van der Waals surface area contributed by atoms with Gasteiger partial charge in [0.05, 0.1) is 0 Å². The molecule has 2 nitrogen and oxygen atoms in total. The van der Waals surface area contributed by atoms with Crippen molar-refractivity contribution >= 4 is 11.6 Å². The van der Waals surface area contributed by atoms with Crippen molar-refractivity contribution in [2.24, 2.45) is 0 Å². The van der Waals surface area contributed by atoms with E-state index >= 15 is 0 Å². The predicted octanol–water partition coefficient (Wildman–Crippen LogP) is 5.98. The van der Waals surface area contributed by atoms with Gasteiger partial charge in [0.1, 0.15) is 11.5 Å². The van der Waals surface area contributed by atoms with E-state index in [2.05, 4.69) is 30.4 Å². The summed E-state index contributed by atoms with van der Waals surface area (Å²) in [6.45, 7) is 2.86. The second-order valence-electron chi connectivity index (χ2n) is 5.69. The lowest BCUT2D eigenvalue weighted by Gasteiger charge is -2.16. The largest absolute Gasteiger partial charge is 0.457 e. The standard InChI is InChI=1S/C21H20ClNO/c1-16(20-12-5-6-13-21(20)22)23-15-17-8-7-11-19(14-17)24-18-9-3-2-4-10-18/h2-14,16,23H,15H2,1H3. The van der Waals surface area contributed by atoms with Gasteiger partial charge >= 0.3 is 0 Å². The summed E-state index contributed by atoms with van der Waals surface area (Å²) in [5, 5.41) is 4.30. The molecule has 0 aliphatic carbocycles. The SMILES string of the molecule is CC(NCc1cccc(Oc2ccccc2)c1)c1ccccc1Cl. The Bertz CT molecular complexity index is 789.